The maximum absolute atomic E-state index is 14.4. The summed E-state index contributed by atoms with van der Waals surface area (Å²) in [5.41, 5.74) is 1.72. The van der Waals surface area contributed by atoms with Gasteiger partial charge in [0, 0.05) is 13.1 Å². The van der Waals surface area contributed by atoms with Crippen LogP contribution in [0.25, 0.3) is 0 Å². The van der Waals surface area contributed by atoms with E-state index in [2.05, 4.69) is 5.32 Å². The highest BCUT2D eigenvalue weighted by atomic mass is 32.2. The van der Waals surface area contributed by atoms with Gasteiger partial charge in [-0.2, -0.15) is 4.31 Å². The molecular weight excluding hydrogens is 395 g/mol. The fourth-order valence-corrected chi connectivity index (χ4v) is 4.67. The molecule has 1 aliphatic heterocycles. The zero-order valence-electron chi connectivity index (χ0n) is 16.5. The molecule has 1 fully saturated rings. The second-order valence-corrected chi connectivity index (χ2v) is 8.94. The van der Waals surface area contributed by atoms with Crippen molar-refractivity contribution in [2.24, 2.45) is 0 Å². The molecular formula is C21H25FN2O4S. The van der Waals surface area contributed by atoms with Crippen molar-refractivity contribution in [3.05, 3.63) is 65.0 Å². The lowest BCUT2D eigenvalue weighted by Gasteiger charge is -2.26. The van der Waals surface area contributed by atoms with Gasteiger partial charge in [-0.05, 0) is 37.1 Å². The van der Waals surface area contributed by atoms with Crippen LogP contribution in [0, 0.1) is 12.7 Å². The number of benzene rings is 2. The lowest BCUT2D eigenvalue weighted by molar-refractivity contribution is 0.0730. The molecule has 0 aromatic heterocycles. The first-order valence-corrected chi connectivity index (χ1v) is 11.0. The molecule has 29 heavy (non-hydrogen) atoms. The van der Waals surface area contributed by atoms with E-state index >= 15 is 0 Å². The normalized spacial score (nSPS) is 16.4. The Balaban J connectivity index is 1.85. The summed E-state index contributed by atoms with van der Waals surface area (Å²) < 4.78 is 46.5. The summed E-state index contributed by atoms with van der Waals surface area (Å²) in [6, 6.07) is 10.7. The van der Waals surface area contributed by atoms with Crippen LogP contribution in [0.2, 0.25) is 0 Å². The number of halogens is 1. The molecule has 2 aromatic carbocycles. The van der Waals surface area contributed by atoms with Gasteiger partial charge in [-0.1, -0.05) is 36.8 Å². The van der Waals surface area contributed by atoms with E-state index in [0.29, 0.717) is 19.6 Å². The minimum Gasteiger partial charge on any atom is -0.379 e. The van der Waals surface area contributed by atoms with Gasteiger partial charge in [-0.15, -0.1) is 0 Å². The number of hydrogen-bond acceptors (Lipinski definition) is 4. The van der Waals surface area contributed by atoms with Crippen LogP contribution in [0.15, 0.2) is 47.4 Å². The Morgan fingerprint density at radius 2 is 1.83 bits per heavy atom. The molecule has 156 valence electrons. The van der Waals surface area contributed by atoms with Gasteiger partial charge in [0.1, 0.15) is 5.82 Å². The number of nitrogens with one attached hydrogen (secondary N) is 1. The third-order valence-electron chi connectivity index (χ3n) is 4.98. The Morgan fingerprint density at radius 1 is 1.17 bits per heavy atom. The number of aryl methyl sites for hydroxylation is 1. The summed E-state index contributed by atoms with van der Waals surface area (Å²) in [7, 11) is -3.82. The lowest BCUT2D eigenvalue weighted by atomic mass is 10.0. The van der Waals surface area contributed by atoms with Gasteiger partial charge in [-0.25, -0.2) is 12.8 Å². The highest BCUT2D eigenvalue weighted by molar-refractivity contribution is 7.89. The van der Waals surface area contributed by atoms with Crippen LogP contribution >= 0.6 is 0 Å². The minimum absolute atomic E-state index is 0.102. The van der Waals surface area contributed by atoms with Crippen molar-refractivity contribution in [1.82, 2.24) is 9.62 Å². The largest absolute Gasteiger partial charge is 0.379 e. The van der Waals surface area contributed by atoms with E-state index in [4.69, 9.17) is 4.74 Å². The van der Waals surface area contributed by atoms with Gasteiger partial charge in [0.2, 0.25) is 10.0 Å². The molecule has 0 saturated carbocycles. The standard InChI is InChI=1S/C21H25FN2O4S/c1-3-20(16-6-4-15(2)5-7-16)23-21(25)18-14-17(8-9-19(18)22)29(26,27)24-10-12-28-13-11-24/h4-9,14,20H,3,10-13H2,1-2H3,(H,23,25)/t20-/m0/s1. The fourth-order valence-electron chi connectivity index (χ4n) is 3.23. The van der Waals surface area contributed by atoms with Crippen LogP contribution in [0.4, 0.5) is 4.39 Å². The number of sulfonamides is 1. The minimum atomic E-state index is -3.82. The number of amides is 1. The average Bonchev–Trinajstić information content (AvgIpc) is 2.73. The SMILES string of the molecule is CC[C@H](NC(=O)c1cc(S(=O)(=O)N2CCOCC2)ccc1F)c1ccc(C)cc1. The van der Waals surface area contributed by atoms with Crippen LogP contribution in [0.5, 0.6) is 0 Å². The molecule has 0 radical (unpaired) electrons. The molecule has 0 bridgehead atoms. The number of ether oxygens (including phenoxy) is 1. The van der Waals surface area contributed by atoms with Crippen molar-refractivity contribution in [3.63, 3.8) is 0 Å². The van der Waals surface area contributed by atoms with E-state index in [1.165, 1.54) is 10.4 Å². The highest BCUT2D eigenvalue weighted by Crippen LogP contribution is 2.22. The Morgan fingerprint density at radius 3 is 2.45 bits per heavy atom. The van der Waals surface area contributed by atoms with E-state index in [-0.39, 0.29) is 29.6 Å². The van der Waals surface area contributed by atoms with Crippen LogP contribution in [-0.4, -0.2) is 44.9 Å². The third kappa shape index (κ3) is 4.83. The molecule has 0 unspecified atom stereocenters. The number of carbonyl (C=O) groups excluding carboxylic acids is 1. The smallest absolute Gasteiger partial charge is 0.254 e. The van der Waals surface area contributed by atoms with Gasteiger partial charge >= 0.3 is 0 Å². The van der Waals surface area contributed by atoms with Gasteiger partial charge in [0.15, 0.2) is 0 Å². The first-order valence-electron chi connectivity index (χ1n) is 9.58. The van der Waals surface area contributed by atoms with E-state index < -0.39 is 21.7 Å². The van der Waals surface area contributed by atoms with Crippen LogP contribution in [0.3, 0.4) is 0 Å². The topological polar surface area (TPSA) is 75.7 Å². The maximum atomic E-state index is 14.4. The van der Waals surface area contributed by atoms with Crippen LogP contribution < -0.4 is 5.32 Å². The Bertz CT molecular complexity index is 971. The van der Waals surface area contributed by atoms with E-state index in [9.17, 15) is 17.6 Å². The molecule has 0 aliphatic carbocycles. The molecule has 1 atom stereocenters. The third-order valence-corrected chi connectivity index (χ3v) is 6.88. The molecule has 1 N–H and O–H groups in total. The molecule has 0 spiro atoms. The van der Waals surface area contributed by atoms with Crippen LogP contribution in [-0.2, 0) is 14.8 Å². The molecule has 3 rings (SSSR count). The number of nitrogens with zero attached hydrogens (tertiary/aromatic N) is 1. The summed E-state index contributed by atoms with van der Waals surface area (Å²) in [5.74, 6) is -1.41. The van der Waals surface area contributed by atoms with Crippen molar-refractivity contribution < 1.29 is 22.3 Å². The highest BCUT2D eigenvalue weighted by Gasteiger charge is 2.28. The van der Waals surface area contributed by atoms with Gasteiger partial charge in [0.25, 0.3) is 5.91 Å². The monoisotopic (exact) mass is 420 g/mol. The molecule has 1 aliphatic rings. The molecule has 2 aromatic rings. The van der Waals surface area contributed by atoms with E-state index in [0.717, 1.165) is 23.3 Å². The number of carbonyl (C=O) groups is 1. The average molecular weight is 421 g/mol. The summed E-state index contributed by atoms with van der Waals surface area (Å²) in [4.78, 5) is 12.6. The number of morpholine rings is 1. The molecule has 8 heteroatoms. The number of rotatable bonds is 6. The van der Waals surface area contributed by atoms with Crippen molar-refractivity contribution in [2.45, 2.75) is 31.2 Å². The first-order chi connectivity index (χ1) is 13.8. The summed E-state index contributed by atoms with van der Waals surface area (Å²) in [6.07, 6.45) is 0.613. The van der Waals surface area contributed by atoms with Crippen molar-refractivity contribution >= 4 is 15.9 Å². The summed E-state index contributed by atoms with van der Waals surface area (Å²) >= 11 is 0. The predicted molar refractivity (Wildman–Crippen MR) is 108 cm³/mol. The van der Waals surface area contributed by atoms with Crippen LogP contribution in [0.1, 0.15) is 40.9 Å². The van der Waals surface area contributed by atoms with E-state index in [1.807, 2.05) is 38.1 Å². The molecule has 1 saturated heterocycles. The zero-order valence-corrected chi connectivity index (χ0v) is 17.3. The Hall–Kier alpha value is -2.29. The quantitative estimate of drug-likeness (QED) is 0.779. The summed E-state index contributed by atoms with van der Waals surface area (Å²) in [5, 5.41) is 2.81. The van der Waals surface area contributed by atoms with Gasteiger partial charge < -0.3 is 10.1 Å². The zero-order chi connectivity index (χ0) is 21.0. The van der Waals surface area contributed by atoms with Gasteiger partial charge in [0.05, 0.1) is 29.7 Å². The fraction of sp³-hybridized carbons (Fsp3) is 0.381. The second-order valence-electron chi connectivity index (χ2n) is 7.00. The molecule has 1 heterocycles. The second kappa shape index (κ2) is 9.02. The summed E-state index contributed by atoms with van der Waals surface area (Å²) in [6.45, 7) is 4.96. The van der Waals surface area contributed by atoms with Crippen molar-refractivity contribution in [2.75, 3.05) is 26.3 Å². The van der Waals surface area contributed by atoms with Gasteiger partial charge in [-0.3, -0.25) is 4.79 Å². The van der Waals surface area contributed by atoms with E-state index in [1.54, 1.807) is 0 Å². The molecule has 1 amide bonds. The first kappa shape index (κ1) is 21.4. The maximum Gasteiger partial charge on any atom is 0.254 e. The Kier molecular flexibility index (Phi) is 6.66. The van der Waals surface area contributed by atoms with Crippen molar-refractivity contribution in [3.8, 4) is 0 Å². The lowest BCUT2D eigenvalue weighted by Crippen LogP contribution is -2.40. The Labute approximate surface area is 170 Å². The number of hydrogen-bond donors (Lipinski definition) is 1. The van der Waals surface area contributed by atoms with Crippen molar-refractivity contribution in [1.29, 1.82) is 0 Å². The molecule has 6 nitrogen and oxygen atoms in total. The predicted octanol–water partition coefficient (Wildman–Crippen LogP) is 3.04.